The zero-order chi connectivity index (χ0) is 15.3. The average Bonchev–Trinajstić information content (AvgIpc) is 2.31. The highest BCUT2D eigenvalue weighted by Gasteiger charge is 2.61. The van der Waals surface area contributed by atoms with Crippen LogP contribution in [0.15, 0.2) is 16.6 Å². The monoisotopic (exact) mass is 378 g/mol. The van der Waals surface area contributed by atoms with Gasteiger partial charge in [-0.25, -0.2) is 14.4 Å². The third-order valence-electron chi connectivity index (χ3n) is 2.34. The molecule has 0 atom stereocenters. The summed E-state index contributed by atoms with van der Waals surface area (Å²) in [6.45, 7) is 0. The molecule has 108 valence electrons. The molecule has 0 amide bonds. The van der Waals surface area contributed by atoms with Crippen LogP contribution in [0.25, 0.3) is 10.9 Å². The van der Waals surface area contributed by atoms with Gasteiger partial charge in [0.05, 0.1) is 5.39 Å². The molecule has 1 heterocycles. The minimum atomic E-state index is -5.91. The Hall–Kier alpha value is -1.09. The van der Waals surface area contributed by atoms with Crippen LogP contribution in [0.4, 0.5) is 26.3 Å². The van der Waals surface area contributed by atoms with Gasteiger partial charge in [0.15, 0.2) is 0 Å². The summed E-state index contributed by atoms with van der Waals surface area (Å²) in [4.78, 5) is 5.89. The maximum Gasteiger partial charge on any atom is 0.461 e. The molecular weight excluding hydrogens is 377 g/mol. The maximum absolute atomic E-state index is 13.5. The van der Waals surface area contributed by atoms with Crippen molar-refractivity contribution in [3.63, 3.8) is 0 Å². The molecule has 0 saturated heterocycles. The van der Waals surface area contributed by atoms with Gasteiger partial charge >= 0.3 is 12.1 Å². The molecule has 2 aromatic rings. The van der Waals surface area contributed by atoms with Crippen molar-refractivity contribution in [2.45, 2.75) is 12.1 Å². The van der Waals surface area contributed by atoms with Crippen LogP contribution in [0.2, 0.25) is 5.15 Å². The van der Waals surface area contributed by atoms with Crippen molar-refractivity contribution >= 4 is 38.4 Å². The lowest BCUT2D eigenvalue weighted by Gasteiger charge is -2.18. The van der Waals surface area contributed by atoms with E-state index in [2.05, 4.69) is 25.9 Å². The summed E-state index contributed by atoms with van der Waals surface area (Å²) in [5.41, 5.74) is -0.724. The summed E-state index contributed by atoms with van der Waals surface area (Å²) in [5.74, 6) is -8.33. The van der Waals surface area contributed by atoms with E-state index < -0.39 is 34.4 Å². The second-order valence-electron chi connectivity index (χ2n) is 3.66. The lowest BCUT2D eigenvalue weighted by molar-refractivity contribution is -0.292. The average molecular weight is 379 g/mol. The zero-order valence-corrected chi connectivity index (χ0v) is 11.4. The van der Waals surface area contributed by atoms with E-state index in [-0.39, 0.29) is 9.86 Å². The Morgan fingerprint density at radius 1 is 1.05 bits per heavy atom. The van der Waals surface area contributed by atoms with Gasteiger partial charge in [0.1, 0.15) is 16.5 Å². The quantitative estimate of drug-likeness (QED) is 0.523. The number of fused-ring (bicyclic) bond motifs is 1. The number of halogens is 8. The number of hydrogen-bond donors (Lipinski definition) is 0. The molecular formula is C10H2BrClF6N2. The number of alkyl halides is 5. The van der Waals surface area contributed by atoms with Gasteiger partial charge in [0.2, 0.25) is 5.82 Å². The summed E-state index contributed by atoms with van der Waals surface area (Å²) >= 11 is 8.50. The van der Waals surface area contributed by atoms with Crippen LogP contribution in [-0.2, 0) is 5.92 Å². The molecule has 0 aliphatic carbocycles. The molecule has 0 aliphatic heterocycles. The second kappa shape index (κ2) is 4.73. The van der Waals surface area contributed by atoms with Gasteiger partial charge in [-0.2, -0.15) is 22.0 Å². The molecule has 0 fully saturated rings. The molecule has 0 unspecified atom stereocenters. The Labute approximate surface area is 120 Å². The Morgan fingerprint density at radius 3 is 2.20 bits per heavy atom. The third-order valence-corrected chi connectivity index (χ3v) is 3.28. The summed E-state index contributed by atoms with van der Waals surface area (Å²) < 4.78 is 76.8. The Bertz CT molecular complexity index is 687. The van der Waals surface area contributed by atoms with E-state index in [1.54, 1.807) is 0 Å². The molecule has 1 aromatic carbocycles. The largest absolute Gasteiger partial charge is 0.461 e. The number of rotatable bonds is 1. The summed E-state index contributed by atoms with van der Waals surface area (Å²) in [6, 6.07) is 2.06. The molecule has 2 rings (SSSR count). The van der Waals surface area contributed by atoms with Crippen LogP contribution >= 0.6 is 27.5 Å². The van der Waals surface area contributed by atoms with Crippen molar-refractivity contribution in [3.8, 4) is 0 Å². The first-order valence-electron chi connectivity index (χ1n) is 4.82. The minimum Gasteiger partial charge on any atom is -0.223 e. The van der Waals surface area contributed by atoms with E-state index in [4.69, 9.17) is 11.6 Å². The SMILES string of the molecule is Fc1ccc(Br)c2c(Cl)nc(C(F)(F)C(F)(F)F)nc12. The highest BCUT2D eigenvalue weighted by Crippen LogP contribution is 2.43. The van der Waals surface area contributed by atoms with Crippen molar-refractivity contribution in [2.24, 2.45) is 0 Å². The van der Waals surface area contributed by atoms with Crippen LogP contribution in [0.5, 0.6) is 0 Å². The van der Waals surface area contributed by atoms with Gasteiger partial charge in [0.25, 0.3) is 0 Å². The minimum absolute atomic E-state index is 0.167. The number of hydrogen-bond acceptors (Lipinski definition) is 2. The lowest BCUT2D eigenvalue weighted by atomic mass is 10.2. The van der Waals surface area contributed by atoms with Gasteiger partial charge < -0.3 is 0 Å². The van der Waals surface area contributed by atoms with Gasteiger partial charge in [0, 0.05) is 4.47 Å². The molecule has 20 heavy (non-hydrogen) atoms. The van der Waals surface area contributed by atoms with Crippen molar-refractivity contribution < 1.29 is 26.3 Å². The predicted molar refractivity (Wildman–Crippen MR) is 62.2 cm³/mol. The first-order valence-corrected chi connectivity index (χ1v) is 5.99. The summed E-state index contributed by atoms with van der Waals surface area (Å²) in [7, 11) is 0. The van der Waals surface area contributed by atoms with Crippen molar-refractivity contribution in [2.75, 3.05) is 0 Å². The van der Waals surface area contributed by atoms with Gasteiger partial charge in [-0.1, -0.05) is 11.6 Å². The molecule has 0 bridgehead atoms. The maximum atomic E-state index is 13.5. The normalized spacial score (nSPS) is 13.0. The second-order valence-corrected chi connectivity index (χ2v) is 4.88. The Kier molecular flexibility index (Phi) is 3.62. The summed E-state index contributed by atoms with van der Waals surface area (Å²) in [6.07, 6.45) is -5.91. The third kappa shape index (κ3) is 2.32. The number of aromatic nitrogens is 2. The highest BCUT2D eigenvalue weighted by atomic mass is 79.9. The molecule has 2 nitrogen and oxygen atoms in total. The zero-order valence-electron chi connectivity index (χ0n) is 9.07. The van der Waals surface area contributed by atoms with E-state index in [1.165, 1.54) is 6.07 Å². The molecule has 0 saturated carbocycles. The standard InChI is InChI=1S/C10H2BrClF6N2/c11-3-1-2-4(13)6-5(3)7(12)20-8(19-6)9(14,15)10(16,17)18/h1-2H. The topological polar surface area (TPSA) is 25.8 Å². The molecule has 0 radical (unpaired) electrons. The molecule has 1 aromatic heterocycles. The van der Waals surface area contributed by atoms with Crippen LogP contribution in [0, 0.1) is 5.82 Å². The lowest BCUT2D eigenvalue weighted by Crippen LogP contribution is -2.35. The van der Waals surface area contributed by atoms with Gasteiger partial charge in [-0.15, -0.1) is 0 Å². The highest BCUT2D eigenvalue weighted by molar-refractivity contribution is 9.10. The first kappa shape index (κ1) is 15.3. The van der Waals surface area contributed by atoms with Crippen molar-refractivity contribution in [3.05, 3.63) is 33.4 Å². The van der Waals surface area contributed by atoms with Crippen molar-refractivity contribution in [1.82, 2.24) is 9.97 Å². The molecule has 0 N–H and O–H groups in total. The van der Waals surface area contributed by atoms with E-state index in [0.717, 1.165) is 6.07 Å². The summed E-state index contributed by atoms with van der Waals surface area (Å²) in [5, 5.41) is -0.895. The fraction of sp³-hybridized carbons (Fsp3) is 0.200. The number of benzene rings is 1. The van der Waals surface area contributed by atoms with E-state index in [0.29, 0.717) is 0 Å². The van der Waals surface area contributed by atoms with E-state index in [9.17, 15) is 26.3 Å². The van der Waals surface area contributed by atoms with E-state index in [1.807, 2.05) is 0 Å². The van der Waals surface area contributed by atoms with Crippen molar-refractivity contribution in [1.29, 1.82) is 0 Å². The van der Waals surface area contributed by atoms with Gasteiger partial charge in [-0.05, 0) is 28.1 Å². The molecule has 0 spiro atoms. The molecule has 10 heteroatoms. The van der Waals surface area contributed by atoms with Crippen LogP contribution < -0.4 is 0 Å². The van der Waals surface area contributed by atoms with Crippen LogP contribution in [0.1, 0.15) is 5.82 Å². The predicted octanol–water partition coefficient (Wildman–Crippen LogP) is 4.84. The Morgan fingerprint density at radius 2 is 1.65 bits per heavy atom. The fourth-order valence-corrected chi connectivity index (χ4v) is 2.29. The van der Waals surface area contributed by atoms with Gasteiger partial charge in [-0.3, -0.25) is 0 Å². The molecule has 0 aliphatic rings. The number of nitrogens with zero attached hydrogens (tertiary/aromatic N) is 2. The Balaban J connectivity index is 2.80. The van der Waals surface area contributed by atoms with Crippen LogP contribution in [-0.4, -0.2) is 16.1 Å². The van der Waals surface area contributed by atoms with Crippen LogP contribution in [0.3, 0.4) is 0 Å². The first-order chi connectivity index (χ1) is 9.05. The van der Waals surface area contributed by atoms with E-state index >= 15 is 0 Å². The smallest absolute Gasteiger partial charge is 0.223 e. The fourth-order valence-electron chi connectivity index (χ4n) is 1.39.